The highest BCUT2D eigenvalue weighted by atomic mass is 32.2. The minimum absolute atomic E-state index is 0.0451. The Morgan fingerprint density at radius 1 is 1.38 bits per heavy atom. The Bertz CT molecular complexity index is 686. The normalized spacial score (nSPS) is 11.7. The van der Waals surface area contributed by atoms with E-state index < -0.39 is 15.8 Å². The van der Waals surface area contributed by atoms with Gasteiger partial charge in [0.25, 0.3) is 0 Å². The number of rotatable bonds is 7. The molecule has 0 aliphatic heterocycles. The van der Waals surface area contributed by atoms with E-state index >= 15 is 0 Å². The van der Waals surface area contributed by atoms with E-state index in [0.29, 0.717) is 24.4 Å². The van der Waals surface area contributed by atoms with Gasteiger partial charge < -0.3 is 10.3 Å². The minimum Gasteiger partial charge on any atom is -0.349 e. The van der Waals surface area contributed by atoms with Crippen LogP contribution in [0.4, 0.5) is 4.39 Å². The highest BCUT2D eigenvalue weighted by Crippen LogP contribution is 2.17. The van der Waals surface area contributed by atoms with Gasteiger partial charge in [-0.05, 0) is 24.7 Å². The van der Waals surface area contributed by atoms with E-state index in [1.807, 2.05) is 0 Å². The number of benzene rings is 1. The summed E-state index contributed by atoms with van der Waals surface area (Å²) in [4.78, 5) is 6.85. The molecule has 114 valence electrons. The van der Waals surface area contributed by atoms with Crippen LogP contribution in [0, 0.1) is 5.82 Å². The first-order chi connectivity index (χ1) is 10.0. The molecule has 0 atom stereocenters. The van der Waals surface area contributed by atoms with Crippen molar-refractivity contribution < 1.29 is 12.8 Å². The van der Waals surface area contributed by atoms with Crippen LogP contribution in [-0.2, 0) is 23.0 Å². The topological polar surface area (TPSA) is 86.9 Å². The smallest absolute Gasteiger partial charge is 0.241 e. The highest BCUT2D eigenvalue weighted by molar-refractivity contribution is 7.89. The van der Waals surface area contributed by atoms with Gasteiger partial charge in [0, 0.05) is 31.9 Å². The van der Waals surface area contributed by atoms with Crippen LogP contribution < -0.4 is 10.0 Å². The Hall–Kier alpha value is -1.77. The first-order valence-corrected chi connectivity index (χ1v) is 7.92. The SMILES string of the molecule is CNCc1ccc(F)cc1S(=O)(=O)NCCc1ncc[nH]1. The lowest BCUT2D eigenvalue weighted by Gasteiger charge is -2.11. The lowest BCUT2D eigenvalue weighted by Crippen LogP contribution is -2.28. The largest absolute Gasteiger partial charge is 0.349 e. The molecule has 0 saturated heterocycles. The van der Waals surface area contributed by atoms with Gasteiger partial charge in [0.2, 0.25) is 10.0 Å². The Morgan fingerprint density at radius 2 is 2.19 bits per heavy atom. The first-order valence-electron chi connectivity index (χ1n) is 6.44. The molecule has 2 rings (SSSR count). The third kappa shape index (κ3) is 4.10. The molecule has 0 bridgehead atoms. The summed E-state index contributed by atoms with van der Waals surface area (Å²) in [6.45, 7) is 0.528. The van der Waals surface area contributed by atoms with Crippen molar-refractivity contribution in [2.24, 2.45) is 0 Å². The molecule has 1 aromatic heterocycles. The zero-order valence-corrected chi connectivity index (χ0v) is 12.4. The molecule has 21 heavy (non-hydrogen) atoms. The fraction of sp³-hybridized carbons (Fsp3) is 0.308. The van der Waals surface area contributed by atoms with Gasteiger partial charge in [-0.2, -0.15) is 0 Å². The number of hydrogen-bond donors (Lipinski definition) is 3. The average molecular weight is 312 g/mol. The van der Waals surface area contributed by atoms with Gasteiger partial charge in [-0.25, -0.2) is 22.5 Å². The van der Waals surface area contributed by atoms with Gasteiger partial charge in [-0.3, -0.25) is 0 Å². The van der Waals surface area contributed by atoms with Crippen molar-refractivity contribution in [3.8, 4) is 0 Å². The Balaban J connectivity index is 2.12. The van der Waals surface area contributed by atoms with Crippen LogP contribution >= 0.6 is 0 Å². The van der Waals surface area contributed by atoms with E-state index in [2.05, 4.69) is 20.0 Å². The molecule has 0 spiro atoms. The molecule has 0 radical (unpaired) electrons. The van der Waals surface area contributed by atoms with Crippen molar-refractivity contribution in [1.29, 1.82) is 0 Å². The molecule has 0 saturated carbocycles. The zero-order valence-electron chi connectivity index (χ0n) is 11.6. The van der Waals surface area contributed by atoms with E-state index in [4.69, 9.17) is 0 Å². The van der Waals surface area contributed by atoms with Crippen molar-refractivity contribution in [2.75, 3.05) is 13.6 Å². The molecule has 0 amide bonds. The second-order valence-electron chi connectivity index (χ2n) is 4.47. The van der Waals surface area contributed by atoms with Crippen molar-refractivity contribution in [3.63, 3.8) is 0 Å². The molecule has 2 aromatic rings. The third-order valence-electron chi connectivity index (χ3n) is 2.89. The maximum Gasteiger partial charge on any atom is 0.241 e. The van der Waals surface area contributed by atoms with Crippen LogP contribution in [0.1, 0.15) is 11.4 Å². The maximum atomic E-state index is 13.3. The zero-order chi connectivity index (χ0) is 15.3. The molecule has 0 fully saturated rings. The van der Waals surface area contributed by atoms with Gasteiger partial charge in [0.05, 0.1) is 4.90 Å². The number of halogens is 1. The summed E-state index contributed by atoms with van der Waals surface area (Å²) in [5.74, 6) is 0.105. The molecule has 6 nitrogen and oxygen atoms in total. The molecular formula is C13H17FN4O2S. The second-order valence-corrected chi connectivity index (χ2v) is 6.20. The summed E-state index contributed by atoms with van der Waals surface area (Å²) < 4.78 is 40.3. The summed E-state index contributed by atoms with van der Waals surface area (Å²) in [6.07, 6.45) is 3.70. The second kappa shape index (κ2) is 6.79. The lowest BCUT2D eigenvalue weighted by molar-refractivity contribution is 0.574. The summed E-state index contributed by atoms with van der Waals surface area (Å²) in [7, 11) is -2.06. The van der Waals surface area contributed by atoms with E-state index in [-0.39, 0.29) is 11.4 Å². The van der Waals surface area contributed by atoms with Crippen LogP contribution in [0.2, 0.25) is 0 Å². The predicted molar refractivity (Wildman–Crippen MR) is 76.6 cm³/mol. The fourth-order valence-electron chi connectivity index (χ4n) is 1.93. The monoisotopic (exact) mass is 312 g/mol. The van der Waals surface area contributed by atoms with Crippen molar-refractivity contribution >= 4 is 10.0 Å². The number of nitrogens with one attached hydrogen (secondary N) is 3. The third-order valence-corrected chi connectivity index (χ3v) is 4.44. The summed E-state index contributed by atoms with van der Waals surface area (Å²) in [5.41, 5.74) is 0.518. The lowest BCUT2D eigenvalue weighted by atomic mass is 10.2. The van der Waals surface area contributed by atoms with Crippen molar-refractivity contribution in [2.45, 2.75) is 17.9 Å². The fourth-order valence-corrected chi connectivity index (χ4v) is 3.21. The molecule has 0 unspecified atom stereocenters. The summed E-state index contributed by atoms with van der Waals surface area (Å²) in [5, 5.41) is 2.86. The first kappa shape index (κ1) is 15.6. The van der Waals surface area contributed by atoms with Crippen molar-refractivity contribution in [1.82, 2.24) is 20.0 Å². The van der Waals surface area contributed by atoms with Gasteiger partial charge in [0.1, 0.15) is 11.6 Å². The Morgan fingerprint density at radius 3 is 2.86 bits per heavy atom. The van der Waals surface area contributed by atoms with E-state index in [1.165, 1.54) is 12.1 Å². The van der Waals surface area contributed by atoms with Crippen LogP contribution in [0.3, 0.4) is 0 Å². The number of imidazole rings is 1. The summed E-state index contributed by atoms with van der Waals surface area (Å²) >= 11 is 0. The number of H-pyrrole nitrogens is 1. The quantitative estimate of drug-likeness (QED) is 0.705. The average Bonchev–Trinajstić information content (AvgIpc) is 2.94. The highest BCUT2D eigenvalue weighted by Gasteiger charge is 2.18. The molecule has 1 aromatic carbocycles. The number of nitrogens with zero attached hydrogens (tertiary/aromatic N) is 1. The molecule has 8 heteroatoms. The van der Waals surface area contributed by atoms with Gasteiger partial charge in [-0.15, -0.1) is 0 Å². The molecule has 0 aliphatic carbocycles. The number of aromatic nitrogens is 2. The van der Waals surface area contributed by atoms with Crippen LogP contribution in [0.5, 0.6) is 0 Å². The molecule has 1 heterocycles. The van der Waals surface area contributed by atoms with Crippen LogP contribution in [0.15, 0.2) is 35.5 Å². The van der Waals surface area contributed by atoms with Crippen molar-refractivity contribution in [3.05, 3.63) is 47.8 Å². The van der Waals surface area contributed by atoms with Gasteiger partial charge in [-0.1, -0.05) is 6.07 Å². The number of hydrogen-bond acceptors (Lipinski definition) is 4. The number of sulfonamides is 1. The standard InChI is InChI=1S/C13H17FN4O2S/c1-15-9-10-2-3-11(14)8-12(10)21(19,20)18-5-4-13-16-6-7-17-13/h2-3,6-8,15,18H,4-5,9H2,1H3,(H,16,17). The molecule has 0 aliphatic rings. The Kier molecular flexibility index (Phi) is 5.05. The number of aromatic amines is 1. The Labute approximate surface area is 122 Å². The van der Waals surface area contributed by atoms with Crippen LogP contribution in [0.25, 0.3) is 0 Å². The van der Waals surface area contributed by atoms with E-state index in [0.717, 1.165) is 6.07 Å². The van der Waals surface area contributed by atoms with Gasteiger partial charge >= 0.3 is 0 Å². The minimum atomic E-state index is -3.76. The van der Waals surface area contributed by atoms with E-state index in [9.17, 15) is 12.8 Å². The van der Waals surface area contributed by atoms with E-state index in [1.54, 1.807) is 19.4 Å². The molecule has 3 N–H and O–H groups in total. The molecular weight excluding hydrogens is 295 g/mol. The van der Waals surface area contributed by atoms with Gasteiger partial charge in [0.15, 0.2) is 0 Å². The predicted octanol–water partition coefficient (Wildman–Crippen LogP) is 0.789. The van der Waals surface area contributed by atoms with Crippen LogP contribution in [-0.4, -0.2) is 32.0 Å². The summed E-state index contributed by atoms with van der Waals surface area (Å²) in [6, 6.07) is 3.74. The maximum absolute atomic E-state index is 13.3.